The van der Waals surface area contributed by atoms with Crippen LogP contribution in [0, 0.1) is 5.82 Å². The monoisotopic (exact) mass is 319 g/mol. The van der Waals surface area contributed by atoms with E-state index in [1.807, 2.05) is 0 Å². The molecule has 2 nitrogen and oxygen atoms in total. The van der Waals surface area contributed by atoms with Crippen molar-refractivity contribution in [3.63, 3.8) is 0 Å². The van der Waals surface area contributed by atoms with E-state index < -0.39 is 5.82 Å². The van der Waals surface area contributed by atoms with E-state index >= 15 is 0 Å². The van der Waals surface area contributed by atoms with E-state index in [1.165, 1.54) is 12.1 Å². The number of alkyl halides is 1. The molecular formula is C12H12BrClFNO. The van der Waals surface area contributed by atoms with Crippen LogP contribution in [0.4, 0.5) is 4.39 Å². The van der Waals surface area contributed by atoms with Gasteiger partial charge in [-0.2, -0.15) is 0 Å². The highest BCUT2D eigenvalue weighted by molar-refractivity contribution is 9.09. The first-order valence-corrected chi connectivity index (χ1v) is 6.95. The first-order valence-electron chi connectivity index (χ1n) is 5.45. The molecule has 1 aliphatic heterocycles. The maximum absolute atomic E-state index is 13.3. The van der Waals surface area contributed by atoms with Gasteiger partial charge in [-0.1, -0.05) is 27.5 Å². The number of halogens is 3. The summed E-state index contributed by atoms with van der Waals surface area (Å²) in [7, 11) is 0. The van der Waals surface area contributed by atoms with Crippen molar-refractivity contribution in [2.24, 2.45) is 0 Å². The maximum atomic E-state index is 13.3. The molecule has 1 aliphatic rings. The second-order valence-corrected chi connectivity index (χ2v) is 5.13. The number of carbonyl (C=O) groups excluding carboxylic acids is 1. The Hall–Kier alpha value is -0.610. The van der Waals surface area contributed by atoms with Crippen molar-refractivity contribution >= 4 is 33.4 Å². The van der Waals surface area contributed by atoms with Crippen molar-refractivity contribution < 1.29 is 9.18 Å². The first kappa shape index (κ1) is 12.8. The van der Waals surface area contributed by atoms with Crippen molar-refractivity contribution in [1.82, 2.24) is 4.90 Å². The topological polar surface area (TPSA) is 20.3 Å². The Bertz CT molecular complexity index is 441. The molecule has 1 aromatic rings. The molecule has 0 aromatic heterocycles. The molecule has 1 unspecified atom stereocenters. The number of amides is 1. The van der Waals surface area contributed by atoms with Crippen LogP contribution in [0.3, 0.4) is 0 Å². The zero-order valence-electron chi connectivity index (χ0n) is 9.13. The summed E-state index contributed by atoms with van der Waals surface area (Å²) in [6.07, 6.45) is 1.99. The molecule has 2 rings (SSSR count). The number of carbonyl (C=O) groups is 1. The maximum Gasteiger partial charge on any atom is 0.254 e. The van der Waals surface area contributed by atoms with Gasteiger partial charge in [-0.3, -0.25) is 4.79 Å². The molecule has 0 radical (unpaired) electrons. The van der Waals surface area contributed by atoms with Crippen LogP contribution in [0.25, 0.3) is 0 Å². The molecular weight excluding hydrogens is 308 g/mol. The fourth-order valence-corrected chi connectivity index (χ4v) is 2.85. The molecule has 92 valence electrons. The predicted octanol–water partition coefficient (Wildman–Crippen LogP) is 3.48. The molecule has 1 amide bonds. The molecule has 0 bridgehead atoms. The summed E-state index contributed by atoms with van der Waals surface area (Å²) < 4.78 is 13.3. The average molecular weight is 321 g/mol. The Morgan fingerprint density at radius 3 is 3.00 bits per heavy atom. The normalized spacial score (nSPS) is 19.7. The van der Waals surface area contributed by atoms with E-state index in [2.05, 4.69) is 15.9 Å². The zero-order chi connectivity index (χ0) is 12.4. The highest BCUT2D eigenvalue weighted by Gasteiger charge is 2.28. The second-order valence-electron chi connectivity index (χ2n) is 4.08. The number of likely N-dealkylation sites (tertiary alicyclic amines) is 1. The average Bonchev–Trinajstić information content (AvgIpc) is 2.80. The van der Waals surface area contributed by atoms with E-state index in [9.17, 15) is 9.18 Å². The van der Waals surface area contributed by atoms with E-state index in [-0.39, 0.29) is 17.0 Å². The highest BCUT2D eigenvalue weighted by atomic mass is 79.9. The SMILES string of the molecule is O=C(c1ccc(Cl)c(F)c1)N1CCCC1CBr. The molecule has 17 heavy (non-hydrogen) atoms. The van der Waals surface area contributed by atoms with Gasteiger partial charge in [0.15, 0.2) is 0 Å². The molecule has 0 N–H and O–H groups in total. The summed E-state index contributed by atoms with van der Waals surface area (Å²) in [4.78, 5) is 14.0. The summed E-state index contributed by atoms with van der Waals surface area (Å²) >= 11 is 8.99. The highest BCUT2D eigenvalue weighted by Crippen LogP contribution is 2.23. The van der Waals surface area contributed by atoms with Crippen molar-refractivity contribution in [1.29, 1.82) is 0 Å². The van der Waals surface area contributed by atoms with Gasteiger partial charge in [0.25, 0.3) is 5.91 Å². The van der Waals surface area contributed by atoms with Gasteiger partial charge < -0.3 is 4.90 Å². The Balaban J connectivity index is 2.21. The third-order valence-corrected chi connectivity index (χ3v) is 4.04. The number of nitrogens with zero attached hydrogens (tertiary/aromatic N) is 1. The molecule has 1 saturated heterocycles. The second kappa shape index (κ2) is 5.36. The van der Waals surface area contributed by atoms with Crippen molar-refractivity contribution in [3.8, 4) is 0 Å². The van der Waals surface area contributed by atoms with Crippen LogP contribution in [0.5, 0.6) is 0 Å². The van der Waals surface area contributed by atoms with E-state index in [4.69, 9.17) is 11.6 Å². The van der Waals surface area contributed by atoms with E-state index in [1.54, 1.807) is 11.0 Å². The Morgan fingerprint density at radius 2 is 2.35 bits per heavy atom. The standard InChI is InChI=1S/C12H12BrClFNO/c13-7-9-2-1-5-16(9)12(17)8-3-4-10(14)11(15)6-8/h3-4,6,9H,1-2,5,7H2. The predicted molar refractivity (Wildman–Crippen MR) is 69.3 cm³/mol. The van der Waals surface area contributed by atoms with E-state index in [0.717, 1.165) is 24.7 Å². The van der Waals surface area contributed by atoms with Crippen LogP contribution >= 0.6 is 27.5 Å². The molecule has 1 heterocycles. The lowest BCUT2D eigenvalue weighted by atomic mass is 10.2. The summed E-state index contributed by atoms with van der Waals surface area (Å²) in [5.74, 6) is -0.672. The molecule has 1 fully saturated rings. The smallest absolute Gasteiger partial charge is 0.254 e. The van der Waals surface area contributed by atoms with Crippen molar-refractivity contribution in [3.05, 3.63) is 34.6 Å². The summed E-state index contributed by atoms with van der Waals surface area (Å²) in [5, 5.41) is 0.800. The Morgan fingerprint density at radius 1 is 1.59 bits per heavy atom. The van der Waals surface area contributed by atoms with Crippen LogP contribution in [0.2, 0.25) is 5.02 Å². The van der Waals surface area contributed by atoms with Gasteiger partial charge in [0.1, 0.15) is 5.82 Å². The van der Waals surface area contributed by atoms with Gasteiger partial charge in [-0.25, -0.2) is 4.39 Å². The fourth-order valence-electron chi connectivity index (χ4n) is 2.06. The van der Waals surface area contributed by atoms with Gasteiger partial charge in [0.2, 0.25) is 0 Å². The minimum absolute atomic E-state index is 0.0417. The third-order valence-electron chi connectivity index (χ3n) is 2.98. The summed E-state index contributed by atoms with van der Waals surface area (Å²) in [6, 6.07) is 4.40. The van der Waals surface area contributed by atoms with Crippen molar-refractivity contribution in [2.75, 3.05) is 11.9 Å². The number of benzene rings is 1. The van der Waals surface area contributed by atoms with Gasteiger partial charge in [0, 0.05) is 23.5 Å². The fraction of sp³-hybridized carbons (Fsp3) is 0.417. The third kappa shape index (κ3) is 2.63. The Labute approximate surface area is 113 Å². The van der Waals surface area contributed by atoms with Crippen LogP contribution in [0.1, 0.15) is 23.2 Å². The number of hydrogen-bond acceptors (Lipinski definition) is 1. The van der Waals surface area contributed by atoms with Crippen LogP contribution in [-0.4, -0.2) is 28.7 Å². The molecule has 0 aliphatic carbocycles. The van der Waals surface area contributed by atoms with Crippen LogP contribution in [0.15, 0.2) is 18.2 Å². The lowest BCUT2D eigenvalue weighted by Crippen LogP contribution is -2.36. The first-order chi connectivity index (χ1) is 8.13. The molecule has 1 aromatic carbocycles. The minimum Gasteiger partial charge on any atom is -0.335 e. The molecule has 5 heteroatoms. The number of hydrogen-bond donors (Lipinski definition) is 0. The van der Waals surface area contributed by atoms with Gasteiger partial charge >= 0.3 is 0 Å². The minimum atomic E-state index is -0.549. The Kier molecular flexibility index (Phi) is 4.05. The molecule has 0 saturated carbocycles. The molecule has 1 atom stereocenters. The quantitative estimate of drug-likeness (QED) is 0.764. The van der Waals surface area contributed by atoms with Crippen LogP contribution < -0.4 is 0 Å². The van der Waals surface area contributed by atoms with Gasteiger partial charge in [-0.05, 0) is 31.0 Å². The molecule has 0 spiro atoms. The van der Waals surface area contributed by atoms with Crippen LogP contribution in [-0.2, 0) is 0 Å². The summed E-state index contributed by atoms with van der Waals surface area (Å²) in [6.45, 7) is 0.735. The number of rotatable bonds is 2. The van der Waals surface area contributed by atoms with Crippen molar-refractivity contribution in [2.45, 2.75) is 18.9 Å². The van der Waals surface area contributed by atoms with E-state index in [0.29, 0.717) is 5.56 Å². The lowest BCUT2D eigenvalue weighted by Gasteiger charge is -2.23. The lowest BCUT2D eigenvalue weighted by molar-refractivity contribution is 0.0750. The van der Waals surface area contributed by atoms with Gasteiger partial charge in [0.05, 0.1) is 5.02 Å². The zero-order valence-corrected chi connectivity index (χ0v) is 11.5. The summed E-state index contributed by atoms with van der Waals surface area (Å²) in [5.41, 5.74) is 0.361. The largest absolute Gasteiger partial charge is 0.335 e. The van der Waals surface area contributed by atoms with Gasteiger partial charge in [-0.15, -0.1) is 0 Å².